The molecule has 1 aromatic rings. The fourth-order valence-electron chi connectivity index (χ4n) is 4.11. The first-order valence-electron chi connectivity index (χ1n) is 10.4. The minimum Gasteiger partial charge on any atom is -0.491 e. The minimum atomic E-state index is -1.11. The van der Waals surface area contributed by atoms with Crippen molar-refractivity contribution in [2.75, 3.05) is 0 Å². The summed E-state index contributed by atoms with van der Waals surface area (Å²) in [6.07, 6.45) is -0.107. The van der Waals surface area contributed by atoms with Crippen molar-refractivity contribution in [3.8, 4) is 5.75 Å². The van der Waals surface area contributed by atoms with Crippen molar-refractivity contribution in [2.45, 2.75) is 68.8 Å². The Morgan fingerprint density at radius 1 is 1.19 bits per heavy atom. The number of carbonyl (C=O) groups is 4. The maximum absolute atomic E-state index is 12.5. The van der Waals surface area contributed by atoms with Crippen LogP contribution >= 0.6 is 11.8 Å². The van der Waals surface area contributed by atoms with Gasteiger partial charge in [-0.05, 0) is 51.8 Å². The molecule has 2 aliphatic rings. The van der Waals surface area contributed by atoms with Crippen LogP contribution in [0.25, 0.3) is 0 Å². The Labute approximate surface area is 190 Å². The van der Waals surface area contributed by atoms with E-state index in [4.69, 9.17) is 4.74 Å². The number of fused-ring (bicyclic) bond motifs is 1. The fourth-order valence-corrected chi connectivity index (χ4v) is 5.73. The van der Waals surface area contributed by atoms with E-state index >= 15 is 0 Å². The summed E-state index contributed by atoms with van der Waals surface area (Å²) < 4.78 is 4.88. The molecule has 3 rings (SSSR count). The maximum Gasteiger partial charge on any atom is 0.327 e. The zero-order valence-electron chi connectivity index (χ0n) is 18.4. The van der Waals surface area contributed by atoms with Crippen LogP contribution in [0.4, 0.5) is 0 Å². The number of benzene rings is 1. The molecule has 0 aliphatic carbocycles. The third kappa shape index (κ3) is 4.85. The molecule has 1 aromatic carbocycles. The van der Waals surface area contributed by atoms with Crippen LogP contribution < -0.4 is 10.1 Å². The largest absolute Gasteiger partial charge is 0.491 e. The van der Waals surface area contributed by atoms with Crippen molar-refractivity contribution < 1.29 is 34.1 Å². The molecule has 2 aliphatic heterocycles. The highest BCUT2D eigenvalue weighted by molar-refractivity contribution is 8.01. The number of ether oxygens (including phenoxy) is 1. The highest BCUT2D eigenvalue weighted by Crippen LogP contribution is 2.50. The zero-order chi connectivity index (χ0) is 23.8. The van der Waals surface area contributed by atoms with E-state index in [0.717, 1.165) is 5.56 Å². The normalized spacial score (nSPS) is 24.5. The summed E-state index contributed by atoms with van der Waals surface area (Å²) in [4.78, 5) is 49.6. The van der Waals surface area contributed by atoms with Gasteiger partial charge in [0.1, 0.15) is 23.2 Å². The highest BCUT2D eigenvalue weighted by Gasteiger charge is 2.64. The second-order valence-corrected chi connectivity index (χ2v) is 10.7. The van der Waals surface area contributed by atoms with Crippen LogP contribution in [0, 0.1) is 5.92 Å². The van der Waals surface area contributed by atoms with Crippen molar-refractivity contribution in [3.05, 3.63) is 29.8 Å². The van der Waals surface area contributed by atoms with Gasteiger partial charge in [0.15, 0.2) is 0 Å². The highest BCUT2D eigenvalue weighted by atomic mass is 32.2. The smallest absolute Gasteiger partial charge is 0.327 e. The Morgan fingerprint density at radius 2 is 1.81 bits per heavy atom. The molecule has 0 radical (unpaired) electrons. The fraction of sp³-hybridized carbons (Fsp3) is 0.545. The first-order chi connectivity index (χ1) is 14.9. The number of nitrogens with one attached hydrogen (secondary N) is 1. The topological polar surface area (TPSA) is 133 Å². The van der Waals surface area contributed by atoms with Crippen LogP contribution in [-0.2, 0) is 25.6 Å². The van der Waals surface area contributed by atoms with Gasteiger partial charge in [-0.2, -0.15) is 0 Å². The van der Waals surface area contributed by atoms with E-state index in [1.165, 1.54) is 16.7 Å². The quantitative estimate of drug-likeness (QED) is 0.471. The Balaban J connectivity index is 1.60. The van der Waals surface area contributed by atoms with Gasteiger partial charge in [-0.25, -0.2) is 4.79 Å². The zero-order valence-corrected chi connectivity index (χ0v) is 19.2. The van der Waals surface area contributed by atoms with Crippen LogP contribution in [-0.4, -0.2) is 67.2 Å². The monoisotopic (exact) mass is 464 g/mol. The van der Waals surface area contributed by atoms with Crippen molar-refractivity contribution in [1.29, 1.82) is 0 Å². The summed E-state index contributed by atoms with van der Waals surface area (Å²) in [7, 11) is 0. The van der Waals surface area contributed by atoms with E-state index in [2.05, 4.69) is 5.32 Å². The minimum absolute atomic E-state index is 0.0239. The standard InChI is InChI=1S/C22H28N2O7S/c1-11(2)31-14-7-5-12(6-8-14)9-13(20(27)28)10-15(25)23-16-18(26)24-17(21(29)30)22(3,4)32-19(16)24/h5-8,11,13,16-17,19H,9-10H2,1-4H3,(H,23,25)(H,27,28)(H,29,30)/t13?,16-,17+,19-/m1/s1. The molecule has 2 heterocycles. The average molecular weight is 465 g/mol. The Morgan fingerprint density at radius 3 is 2.34 bits per heavy atom. The SMILES string of the molecule is CC(C)Oc1ccc(CC(CC(=O)N[C@@H]2C(=O)N3[C@@H]2SC(C)(C)[C@@H]3C(=O)O)C(=O)O)cc1. The number of carboxylic acid groups (broad SMARTS) is 2. The lowest BCUT2D eigenvalue weighted by Crippen LogP contribution is -2.70. The molecule has 4 atom stereocenters. The van der Waals surface area contributed by atoms with Gasteiger partial charge in [0, 0.05) is 11.2 Å². The molecule has 2 amide bonds. The molecule has 0 saturated carbocycles. The number of rotatable bonds is 9. The molecule has 2 saturated heterocycles. The van der Waals surface area contributed by atoms with E-state index in [-0.39, 0.29) is 18.9 Å². The number of carboxylic acids is 2. The number of nitrogens with zero attached hydrogens (tertiary/aromatic N) is 1. The summed E-state index contributed by atoms with van der Waals surface area (Å²) >= 11 is 1.32. The number of hydrogen-bond acceptors (Lipinski definition) is 6. The van der Waals surface area contributed by atoms with Gasteiger partial charge < -0.3 is 25.2 Å². The molecular formula is C22H28N2O7S. The molecular weight excluding hydrogens is 436 g/mol. The second kappa shape index (κ2) is 9.01. The van der Waals surface area contributed by atoms with Crippen molar-refractivity contribution >= 4 is 35.5 Å². The molecule has 2 fully saturated rings. The molecule has 32 heavy (non-hydrogen) atoms. The molecule has 1 unspecified atom stereocenters. The van der Waals surface area contributed by atoms with E-state index in [1.807, 2.05) is 13.8 Å². The lowest BCUT2D eigenvalue weighted by atomic mass is 9.94. The number of β-lactam (4-membered cyclic amide) rings is 1. The molecule has 174 valence electrons. The van der Waals surface area contributed by atoms with Gasteiger partial charge in [0.05, 0.1) is 12.0 Å². The van der Waals surface area contributed by atoms with Crippen LogP contribution in [0.15, 0.2) is 24.3 Å². The third-order valence-electron chi connectivity index (χ3n) is 5.55. The van der Waals surface area contributed by atoms with E-state index in [9.17, 15) is 29.4 Å². The molecule has 9 nitrogen and oxygen atoms in total. The molecule has 3 N–H and O–H groups in total. The summed E-state index contributed by atoms with van der Waals surface area (Å²) in [6.45, 7) is 7.32. The van der Waals surface area contributed by atoms with Crippen LogP contribution in [0.1, 0.15) is 39.7 Å². The molecule has 10 heteroatoms. The summed E-state index contributed by atoms with van der Waals surface area (Å²) in [5.74, 6) is -3.48. The average Bonchev–Trinajstić information content (AvgIpc) is 2.94. The van der Waals surface area contributed by atoms with Crippen molar-refractivity contribution in [2.24, 2.45) is 5.92 Å². The van der Waals surface area contributed by atoms with E-state index in [1.54, 1.807) is 38.1 Å². The Hall–Kier alpha value is -2.75. The van der Waals surface area contributed by atoms with Crippen LogP contribution in [0.5, 0.6) is 5.75 Å². The predicted octanol–water partition coefficient (Wildman–Crippen LogP) is 1.74. The number of amides is 2. The molecule has 0 aromatic heterocycles. The summed E-state index contributed by atoms with van der Waals surface area (Å²) in [5, 5.41) is 21.2. The summed E-state index contributed by atoms with van der Waals surface area (Å²) in [6, 6.07) is 5.23. The van der Waals surface area contributed by atoms with Crippen LogP contribution in [0.2, 0.25) is 0 Å². The lowest BCUT2D eigenvalue weighted by molar-refractivity contribution is -0.161. The molecule has 0 spiro atoms. The summed E-state index contributed by atoms with van der Waals surface area (Å²) in [5.41, 5.74) is 0.754. The number of carbonyl (C=O) groups excluding carboxylic acids is 2. The number of thioether (sulfide) groups is 1. The number of hydrogen-bond donors (Lipinski definition) is 3. The Kier molecular flexibility index (Phi) is 6.73. The predicted molar refractivity (Wildman–Crippen MR) is 117 cm³/mol. The lowest BCUT2D eigenvalue weighted by Gasteiger charge is -2.43. The Bertz CT molecular complexity index is 915. The van der Waals surface area contributed by atoms with Gasteiger partial charge in [-0.3, -0.25) is 14.4 Å². The van der Waals surface area contributed by atoms with Gasteiger partial charge >= 0.3 is 11.9 Å². The van der Waals surface area contributed by atoms with Gasteiger partial charge in [0.25, 0.3) is 0 Å². The van der Waals surface area contributed by atoms with Gasteiger partial charge in [-0.15, -0.1) is 11.8 Å². The maximum atomic E-state index is 12.5. The first kappa shape index (κ1) is 23.9. The van der Waals surface area contributed by atoms with Gasteiger partial charge in [0.2, 0.25) is 11.8 Å². The number of aliphatic carboxylic acids is 2. The van der Waals surface area contributed by atoms with E-state index < -0.39 is 51.9 Å². The van der Waals surface area contributed by atoms with Crippen molar-refractivity contribution in [1.82, 2.24) is 10.2 Å². The first-order valence-corrected chi connectivity index (χ1v) is 11.3. The third-order valence-corrected chi connectivity index (χ3v) is 7.12. The van der Waals surface area contributed by atoms with Crippen molar-refractivity contribution in [3.63, 3.8) is 0 Å². The van der Waals surface area contributed by atoms with Gasteiger partial charge in [-0.1, -0.05) is 12.1 Å². The molecule has 0 bridgehead atoms. The van der Waals surface area contributed by atoms with Crippen LogP contribution in [0.3, 0.4) is 0 Å². The second-order valence-electron chi connectivity index (χ2n) is 8.90. The van der Waals surface area contributed by atoms with E-state index in [0.29, 0.717) is 5.75 Å².